The van der Waals surface area contributed by atoms with Crippen molar-refractivity contribution < 1.29 is 4.74 Å². The van der Waals surface area contributed by atoms with Crippen LogP contribution in [0.1, 0.15) is 11.4 Å². The molecule has 1 fully saturated rings. The highest BCUT2D eigenvalue weighted by Crippen LogP contribution is 2.09. The summed E-state index contributed by atoms with van der Waals surface area (Å²) in [5.41, 5.74) is 1.79. The van der Waals surface area contributed by atoms with Crippen LogP contribution in [0.2, 0.25) is 0 Å². The Balaban J connectivity index is 1.47. The van der Waals surface area contributed by atoms with Crippen molar-refractivity contribution in [3.8, 4) is 6.01 Å². The second kappa shape index (κ2) is 8.17. The number of rotatable bonds is 6. The molecular weight excluding hydrogens is 320 g/mol. The standard InChI is InChI=1S/C17H24N6O2/c1-14-3-4-16(24)23(20-14)12-11-21-7-9-22(10-8-21)13-15-5-6-18-17(19-15)25-2/h3-6H,7-13H2,1-2H3. The Labute approximate surface area is 147 Å². The smallest absolute Gasteiger partial charge is 0.316 e. The Morgan fingerprint density at radius 1 is 1.08 bits per heavy atom. The van der Waals surface area contributed by atoms with Gasteiger partial charge in [-0.1, -0.05) is 0 Å². The quantitative estimate of drug-likeness (QED) is 0.739. The van der Waals surface area contributed by atoms with Gasteiger partial charge in [-0.3, -0.25) is 14.6 Å². The predicted octanol–water partition coefficient (Wildman–Crippen LogP) is 0.168. The SMILES string of the molecule is COc1nccc(CN2CCN(CCn3nc(C)ccc3=O)CC2)n1. The van der Waals surface area contributed by atoms with Crippen LogP contribution in [0, 0.1) is 6.92 Å². The molecule has 8 nitrogen and oxygen atoms in total. The maximum atomic E-state index is 11.8. The normalized spacial score (nSPS) is 16.1. The molecule has 1 aliphatic heterocycles. The Kier molecular flexibility index (Phi) is 5.72. The van der Waals surface area contributed by atoms with E-state index in [-0.39, 0.29) is 5.56 Å². The summed E-state index contributed by atoms with van der Waals surface area (Å²) in [5.74, 6) is 0. The highest BCUT2D eigenvalue weighted by Gasteiger charge is 2.17. The lowest BCUT2D eigenvalue weighted by atomic mass is 10.3. The van der Waals surface area contributed by atoms with Gasteiger partial charge in [-0.2, -0.15) is 10.1 Å². The van der Waals surface area contributed by atoms with E-state index in [1.54, 1.807) is 30.1 Å². The molecule has 3 rings (SSSR count). The van der Waals surface area contributed by atoms with Gasteiger partial charge in [0.1, 0.15) is 0 Å². The molecule has 0 radical (unpaired) electrons. The van der Waals surface area contributed by atoms with Crippen molar-refractivity contribution in [2.75, 3.05) is 39.8 Å². The van der Waals surface area contributed by atoms with Crippen molar-refractivity contribution in [2.45, 2.75) is 20.0 Å². The fourth-order valence-electron chi connectivity index (χ4n) is 2.91. The Hall–Kier alpha value is -2.32. The van der Waals surface area contributed by atoms with Gasteiger partial charge in [0.15, 0.2) is 0 Å². The topological polar surface area (TPSA) is 76.4 Å². The van der Waals surface area contributed by atoms with Crippen LogP contribution in [0.4, 0.5) is 0 Å². The molecule has 1 saturated heterocycles. The molecule has 2 aromatic rings. The third kappa shape index (κ3) is 4.83. The highest BCUT2D eigenvalue weighted by atomic mass is 16.5. The first kappa shape index (κ1) is 17.5. The number of hydrogen-bond donors (Lipinski definition) is 0. The molecule has 8 heteroatoms. The summed E-state index contributed by atoms with van der Waals surface area (Å²) in [6.45, 7) is 8.06. The van der Waals surface area contributed by atoms with Crippen LogP contribution in [0.5, 0.6) is 6.01 Å². The van der Waals surface area contributed by atoms with E-state index in [2.05, 4.69) is 24.9 Å². The molecule has 0 aromatic carbocycles. The first-order valence-corrected chi connectivity index (χ1v) is 8.49. The van der Waals surface area contributed by atoms with E-state index in [4.69, 9.17) is 4.74 Å². The Morgan fingerprint density at radius 3 is 2.60 bits per heavy atom. The number of ether oxygens (including phenoxy) is 1. The molecule has 0 atom stereocenters. The van der Waals surface area contributed by atoms with Gasteiger partial charge >= 0.3 is 6.01 Å². The summed E-state index contributed by atoms with van der Waals surface area (Å²) in [6, 6.07) is 5.66. The summed E-state index contributed by atoms with van der Waals surface area (Å²) in [6.07, 6.45) is 1.73. The van der Waals surface area contributed by atoms with Crippen molar-refractivity contribution in [1.82, 2.24) is 29.5 Å². The minimum Gasteiger partial charge on any atom is -0.467 e. The maximum Gasteiger partial charge on any atom is 0.316 e. The molecule has 0 amide bonds. The van der Waals surface area contributed by atoms with Crippen molar-refractivity contribution in [2.24, 2.45) is 0 Å². The van der Waals surface area contributed by atoms with Gasteiger partial charge in [-0.05, 0) is 19.1 Å². The van der Waals surface area contributed by atoms with Gasteiger partial charge in [-0.15, -0.1) is 0 Å². The highest BCUT2D eigenvalue weighted by molar-refractivity contribution is 5.05. The third-order valence-electron chi connectivity index (χ3n) is 4.35. The minimum atomic E-state index is -0.0399. The zero-order chi connectivity index (χ0) is 17.6. The lowest BCUT2D eigenvalue weighted by molar-refractivity contribution is 0.121. The van der Waals surface area contributed by atoms with E-state index < -0.39 is 0 Å². The number of piperazine rings is 1. The van der Waals surface area contributed by atoms with E-state index in [0.29, 0.717) is 12.6 Å². The second-order valence-corrected chi connectivity index (χ2v) is 6.19. The third-order valence-corrected chi connectivity index (χ3v) is 4.35. The molecule has 0 unspecified atom stereocenters. The van der Waals surface area contributed by atoms with Crippen molar-refractivity contribution in [3.05, 3.63) is 46.1 Å². The van der Waals surface area contributed by atoms with E-state index >= 15 is 0 Å². The largest absolute Gasteiger partial charge is 0.467 e. The van der Waals surface area contributed by atoms with Gasteiger partial charge in [0.05, 0.1) is 25.0 Å². The summed E-state index contributed by atoms with van der Waals surface area (Å²) in [4.78, 5) is 24.9. The van der Waals surface area contributed by atoms with Crippen molar-refractivity contribution in [3.63, 3.8) is 0 Å². The molecule has 1 aliphatic rings. The maximum absolute atomic E-state index is 11.8. The molecule has 25 heavy (non-hydrogen) atoms. The monoisotopic (exact) mass is 344 g/mol. The number of aromatic nitrogens is 4. The van der Waals surface area contributed by atoms with E-state index in [1.165, 1.54) is 0 Å². The zero-order valence-corrected chi connectivity index (χ0v) is 14.8. The summed E-state index contributed by atoms with van der Waals surface area (Å²) in [7, 11) is 1.58. The molecule has 0 bridgehead atoms. The Bertz CT molecular complexity index is 755. The summed E-state index contributed by atoms with van der Waals surface area (Å²) in [5, 5.41) is 4.29. The second-order valence-electron chi connectivity index (χ2n) is 6.19. The van der Waals surface area contributed by atoms with Gasteiger partial charge in [0.2, 0.25) is 0 Å². The van der Waals surface area contributed by atoms with Gasteiger partial charge in [0.25, 0.3) is 5.56 Å². The van der Waals surface area contributed by atoms with Gasteiger partial charge < -0.3 is 4.74 Å². The predicted molar refractivity (Wildman–Crippen MR) is 93.5 cm³/mol. The number of aryl methyl sites for hydroxylation is 1. The van der Waals surface area contributed by atoms with Gasteiger partial charge in [-0.25, -0.2) is 9.67 Å². The van der Waals surface area contributed by atoms with Gasteiger partial charge in [0, 0.05) is 51.5 Å². The minimum absolute atomic E-state index is 0.0399. The van der Waals surface area contributed by atoms with Crippen LogP contribution in [-0.4, -0.2) is 69.4 Å². The lowest BCUT2D eigenvalue weighted by Crippen LogP contribution is -2.47. The molecule has 3 heterocycles. The fraction of sp³-hybridized carbons (Fsp3) is 0.529. The van der Waals surface area contributed by atoms with Crippen LogP contribution in [0.25, 0.3) is 0 Å². The molecule has 2 aromatic heterocycles. The molecule has 0 saturated carbocycles. The molecule has 0 spiro atoms. The zero-order valence-electron chi connectivity index (χ0n) is 14.8. The Morgan fingerprint density at radius 2 is 1.84 bits per heavy atom. The molecule has 134 valence electrons. The average molecular weight is 344 g/mol. The van der Waals surface area contributed by atoms with Crippen molar-refractivity contribution >= 4 is 0 Å². The first-order chi connectivity index (χ1) is 12.1. The van der Waals surface area contributed by atoms with Crippen molar-refractivity contribution in [1.29, 1.82) is 0 Å². The van der Waals surface area contributed by atoms with E-state index in [1.807, 2.05) is 13.0 Å². The van der Waals surface area contributed by atoms with Crippen LogP contribution in [-0.2, 0) is 13.1 Å². The average Bonchev–Trinajstić information content (AvgIpc) is 2.64. The number of hydrogen-bond acceptors (Lipinski definition) is 7. The lowest BCUT2D eigenvalue weighted by Gasteiger charge is -2.34. The van der Waals surface area contributed by atoms with Crippen LogP contribution in [0.15, 0.2) is 29.2 Å². The van der Waals surface area contributed by atoms with E-state index in [9.17, 15) is 4.79 Å². The number of nitrogens with zero attached hydrogens (tertiary/aromatic N) is 6. The first-order valence-electron chi connectivity index (χ1n) is 8.49. The van der Waals surface area contributed by atoms with Crippen LogP contribution in [0.3, 0.4) is 0 Å². The van der Waals surface area contributed by atoms with E-state index in [0.717, 1.165) is 50.7 Å². The number of methoxy groups -OCH3 is 1. The molecule has 0 aliphatic carbocycles. The summed E-state index contributed by atoms with van der Waals surface area (Å²) < 4.78 is 6.62. The fourth-order valence-corrected chi connectivity index (χ4v) is 2.91. The summed E-state index contributed by atoms with van der Waals surface area (Å²) >= 11 is 0. The van der Waals surface area contributed by atoms with Crippen LogP contribution >= 0.6 is 0 Å². The molecular formula is C17H24N6O2. The van der Waals surface area contributed by atoms with Crippen LogP contribution < -0.4 is 10.3 Å². The molecule has 0 N–H and O–H groups in total.